The molecule has 1 amide bonds. The molecule has 144 valence electrons. The molecule has 6 heteroatoms. The van der Waals surface area contributed by atoms with E-state index in [1.54, 1.807) is 61.7 Å². The minimum absolute atomic E-state index is 0.225. The Morgan fingerprint density at radius 3 is 2.57 bits per heavy atom. The Morgan fingerprint density at radius 1 is 1.07 bits per heavy atom. The van der Waals surface area contributed by atoms with Crippen LogP contribution < -0.4 is 14.8 Å². The van der Waals surface area contributed by atoms with Crippen LogP contribution in [0.2, 0.25) is 5.02 Å². The Morgan fingerprint density at radius 2 is 1.86 bits per heavy atom. The second kappa shape index (κ2) is 9.24. The van der Waals surface area contributed by atoms with E-state index in [1.165, 1.54) is 12.1 Å². The van der Waals surface area contributed by atoms with Crippen molar-refractivity contribution in [2.75, 3.05) is 7.11 Å². The maximum absolute atomic E-state index is 13.0. The molecule has 0 bridgehead atoms. The highest BCUT2D eigenvalue weighted by molar-refractivity contribution is 6.30. The van der Waals surface area contributed by atoms with Gasteiger partial charge in [-0.1, -0.05) is 29.8 Å². The van der Waals surface area contributed by atoms with Gasteiger partial charge < -0.3 is 14.8 Å². The van der Waals surface area contributed by atoms with Gasteiger partial charge in [0.1, 0.15) is 23.9 Å². The number of methoxy groups -OCH3 is 1. The van der Waals surface area contributed by atoms with Crippen LogP contribution in [0.1, 0.15) is 21.5 Å². The normalized spacial score (nSPS) is 10.4. The van der Waals surface area contributed by atoms with Crippen LogP contribution in [0, 0.1) is 5.82 Å². The molecule has 3 aromatic rings. The highest BCUT2D eigenvalue weighted by Gasteiger charge is 2.11. The molecule has 0 spiro atoms. The summed E-state index contributed by atoms with van der Waals surface area (Å²) in [6.07, 6.45) is 0. The summed E-state index contributed by atoms with van der Waals surface area (Å²) in [5, 5.41) is 3.40. The number of hydrogen-bond donors (Lipinski definition) is 1. The van der Waals surface area contributed by atoms with Gasteiger partial charge in [-0.05, 0) is 54.1 Å². The predicted octanol–water partition coefficient (Wildman–Crippen LogP) is 5.00. The summed E-state index contributed by atoms with van der Waals surface area (Å²) >= 11 is 5.97. The Labute approximate surface area is 167 Å². The largest absolute Gasteiger partial charge is 0.496 e. The molecule has 0 saturated heterocycles. The van der Waals surface area contributed by atoms with Gasteiger partial charge in [-0.2, -0.15) is 0 Å². The van der Waals surface area contributed by atoms with E-state index in [1.807, 2.05) is 0 Å². The first-order valence-electron chi connectivity index (χ1n) is 8.63. The van der Waals surface area contributed by atoms with E-state index in [-0.39, 0.29) is 18.3 Å². The third-order valence-electron chi connectivity index (χ3n) is 4.10. The van der Waals surface area contributed by atoms with Crippen LogP contribution in [-0.2, 0) is 13.2 Å². The summed E-state index contributed by atoms with van der Waals surface area (Å²) in [6.45, 7) is 0.530. The lowest BCUT2D eigenvalue weighted by Crippen LogP contribution is -2.23. The lowest BCUT2D eigenvalue weighted by atomic mass is 10.1. The first kappa shape index (κ1) is 19.7. The number of carbonyl (C=O) groups is 1. The third-order valence-corrected chi connectivity index (χ3v) is 4.33. The fourth-order valence-electron chi connectivity index (χ4n) is 2.64. The minimum atomic E-state index is -0.311. The maximum atomic E-state index is 13.0. The summed E-state index contributed by atoms with van der Waals surface area (Å²) in [4.78, 5) is 12.5. The Kier molecular flexibility index (Phi) is 6.50. The first-order chi connectivity index (χ1) is 13.5. The summed E-state index contributed by atoms with van der Waals surface area (Å²) in [5.74, 6) is 0.698. The highest BCUT2D eigenvalue weighted by atomic mass is 35.5. The summed E-state index contributed by atoms with van der Waals surface area (Å²) in [7, 11) is 1.56. The van der Waals surface area contributed by atoms with Gasteiger partial charge in [-0.25, -0.2) is 4.39 Å². The highest BCUT2D eigenvalue weighted by Crippen LogP contribution is 2.24. The second-order valence-electron chi connectivity index (χ2n) is 6.08. The average molecular weight is 400 g/mol. The molecule has 0 saturated carbocycles. The molecule has 3 aromatic carbocycles. The van der Waals surface area contributed by atoms with Crippen LogP contribution in [0.4, 0.5) is 4.39 Å². The zero-order chi connectivity index (χ0) is 19.9. The van der Waals surface area contributed by atoms with Gasteiger partial charge in [0.05, 0.1) is 7.11 Å². The van der Waals surface area contributed by atoms with Crippen molar-refractivity contribution in [2.45, 2.75) is 13.2 Å². The van der Waals surface area contributed by atoms with E-state index in [4.69, 9.17) is 21.1 Å². The van der Waals surface area contributed by atoms with E-state index in [9.17, 15) is 9.18 Å². The van der Waals surface area contributed by atoms with Crippen LogP contribution in [0.25, 0.3) is 0 Å². The van der Waals surface area contributed by atoms with Crippen molar-refractivity contribution in [3.63, 3.8) is 0 Å². The van der Waals surface area contributed by atoms with Gasteiger partial charge in [-0.3, -0.25) is 4.79 Å². The molecule has 1 N–H and O–H groups in total. The Balaban J connectivity index is 1.68. The Bertz CT molecular complexity index is 960. The molecule has 4 nitrogen and oxygen atoms in total. The molecular weight excluding hydrogens is 381 g/mol. The molecule has 0 atom stereocenters. The molecule has 0 aliphatic heterocycles. The van der Waals surface area contributed by atoms with Crippen LogP contribution in [0.15, 0.2) is 66.7 Å². The quantitative estimate of drug-likeness (QED) is 0.608. The van der Waals surface area contributed by atoms with Gasteiger partial charge in [0.15, 0.2) is 0 Å². The standard InChI is InChI=1S/C22H19ClFNO3/c1-27-21-10-7-16(22(26)25-13-15-5-8-19(24)9-6-15)11-17(21)14-28-20-4-2-3-18(23)12-20/h2-12H,13-14H2,1H3,(H,25,26). The van der Waals surface area contributed by atoms with E-state index in [0.29, 0.717) is 28.6 Å². The van der Waals surface area contributed by atoms with Crippen molar-refractivity contribution in [3.05, 3.63) is 94.3 Å². The van der Waals surface area contributed by atoms with Gasteiger partial charge in [0.25, 0.3) is 5.91 Å². The van der Waals surface area contributed by atoms with E-state index in [2.05, 4.69) is 5.32 Å². The van der Waals surface area contributed by atoms with Gasteiger partial charge in [0, 0.05) is 22.7 Å². The molecule has 3 rings (SSSR count). The second-order valence-corrected chi connectivity index (χ2v) is 6.52. The molecular formula is C22H19ClFNO3. The number of nitrogens with one attached hydrogen (secondary N) is 1. The molecule has 0 heterocycles. The molecule has 0 aromatic heterocycles. The van der Waals surface area contributed by atoms with Crippen molar-refractivity contribution in [1.29, 1.82) is 0 Å². The zero-order valence-electron chi connectivity index (χ0n) is 15.2. The molecule has 0 unspecified atom stereocenters. The number of hydrogen-bond acceptors (Lipinski definition) is 3. The lowest BCUT2D eigenvalue weighted by Gasteiger charge is -2.12. The maximum Gasteiger partial charge on any atom is 0.251 e. The number of ether oxygens (including phenoxy) is 2. The minimum Gasteiger partial charge on any atom is -0.496 e. The van der Waals surface area contributed by atoms with Gasteiger partial charge in [-0.15, -0.1) is 0 Å². The van der Waals surface area contributed by atoms with Crippen molar-refractivity contribution < 1.29 is 18.7 Å². The van der Waals surface area contributed by atoms with E-state index >= 15 is 0 Å². The van der Waals surface area contributed by atoms with Crippen LogP contribution in [-0.4, -0.2) is 13.0 Å². The molecule has 0 aliphatic rings. The average Bonchev–Trinajstić information content (AvgIpc) is 2.71. The van der Waals surface area contributed by atoms with E-state index < -0.39 is 0 Å². The molecule has 0 aliphatic carbocycles. The number of halogens is 2. The molecule has 28 heavy (non-hydrogen) atoms. The Hall–Kier alpha value is -3.05. The molecule has 0 radical (unpaired) electrons. The van der Waals surface area contributed by atoms with Crippen LogP contribution in [0.5, 0.6) is 11.5 Å². The van der Waals surface area contributed by atoms with Gasteiger partial charge >= 0.3 is 0 Å². The fourth-order valence-corrected chi connectivity index (χ4v) is 2.82. The van der Waals surface area contributed by atoms with E-state index in [0.717, 1.165) is 11.1 Å². The summed E-state index contributed by atoms with van der Waals surface area (Å²) < 4.78 is 24.1. The predicted molar refractivity (Wildman–Crippen MR) is 106 cm³/mol. The number of carbonyl (C=O) groups excluding carboxylic acids is 1. The van der Waals surface area contributed by atoms with Crippen LogP contribution >= 0.6 is 11.6 Å². The summed E-state index contributed by atoms with van der Waals surface area (Å²) in [6, 6.07) is 18.2. The SMILES string of the molecule is COc1ccc(C(=O)NCc2ccc(F)cc2)cc1COc1cccc(Cl)c1. The third kappa shape index (κ3) is 5.24. The smallest absolute Gasteiger partial charge is 0.251 e. The van der Waals surface area contributed by atoms with Crippen molar-refractivity contribution >= 4 is 17.5 Å². The van der Waals surface area contributed by atoms with Crippen molar-refractivity contribution in [2.24, 2.45) is 0 Å². The summed E-state index contributed by atoms with van der Waals surface area (Å²) in [5.41, 5.74) is 2.03. The van der Waals surface area contributed by atoms with Crippen LogP contribution in [0.3, 0.4) is 0 Å². The lowest BCUT2D eigenvalue weighted by molar-refractivity contribution is 0.0950. The fraction of sp³-hybridized carbons (Fsp3) is 0.136. The first-order valence-corrected chi connectivity index (χ1v) is 9.01. The topological polar surface area (TPSA) is 47.6 Å². The van der Waals surface area contributed by atoms with Crippen molar-refractivity contribution in [1.82, 2.24) is 5.32 Å². The number of amides is 1. The molecule has 0 fully saturated rings. The number of benzene rings is 3. The number of rotatable bonds is 7. The van der Waals surface area contributed by atoms with Crippen molar-refractivity contribution in [3.8, 4) is 11.5 Å². The monoisotopic (exact) mass is 399 g/mol. The zero-order valence-corrected chi connectivity index (χ0v) is 16.0. The van der Waals surface area contributed by atoms with Gasteiger partial charge in [0.2, 0.25) is 0 Å².